The molecule has 0 bridgehead atoms. The van der Waals surface area contributed by atoms with Crippen LogP contribution in [0.1, 0.15) is 6.42 Å². The lowest BCUT2D eigenvalue weighted by molar-refractivity contribution is -0.136. The Bertz CT molecular complexity index is 887. The van der Waals surface area contributed by atoms with Crippen LogP contribution < -0.4 is 15.5 Å². The Kier molecular flexibility index (Phi) is 7.59. The van der Waals surface area contributed by atoms with E-state index < -0.39 is 23.4 Å². The summed E-state index contributed by atoms with van der Waals surface area (Å²) in [6.07, 6.45) is 0.700. The van der Waals surface area contributed by atoms with Crippen LogP contribution in [-0.4, -0.2) is 56.0 Å². The Morgan fingerprint density at radius 2 is 1.63 bits per heavy atom. The molecular weight excluding hydrogens is 414 g/mol. The number of amides is 2. The predicted molar refractivity (Wildman–Crippen MR) is 113 cm³/mol. The van der Waals surface area contributed by atoms with Crippen molar-refractivity contribution in [3.8, 4) is 0 Å². The zero-order valence-corrected chi connectivity index (χ0v) is 17.1. The second-order valence-electron chi connectivity index (χ2n) is 7.00. The van der Waals surface area contributed by atoms with Gasteiger partial charge in [-0.05, 0) is 49.4 Å². The summed E-state index contributed by atoms with van der Waals surface area (Å²) in [6.45, 7) is 4.79. The maximum absolute atomic E-state index is 13.2. The Morgan fingerprint density at radius 3 is 2.30 bits per heavy atom. The number of nitrogens with zero attached hydrogens (tertiary/aromatic N) is 2. The van der Waals surface area contributed by atoms with Crippen molar-refractivity contribution in [3.05, 3.63) is 59.1 Å². The number of benzene rings is 2. The molecule has 0 spiro atoms. The summed E-state index contributed by atoms with van der Waals surface area (Å²) in [5, 5.41) is 5.50. The molecule has 0 aliphatic carbocycles. The van der Waals surface area contributed by atoms with Crippen molar-refractivity contribution in [1.82, 2.24) is 10.2 Å². The molecular formula is C21H23ClF2N4O2. The van der Waals surface area contributed by atoms with Gasteiger partial charge in [-0.2, -0.15) is 0 Å². The molecule has 1 saturated heterocycles. The summed E-state index contributed by atoms with van der Waals surface area (Å²) >= 11 is 5.93. The van der Waals surface area contributed by atoms with Crippen molar-refractivity contribution in [3.63, 3.8) is 0 Å². The molecule has 0 saturated carbocycles. The first-order chi connectivity index (χ1) is 14.4. The zero-order chi connectivity index (χ0) is 21.5. The molecule has 3 rings (SSSR count). The first-order valence-electron chi connectivity index (χ1n) is 9.69. The zero-order valence-electron chi connectivity index (χ0n) is 16.3. The van der Waals surface area contributed by atoms with E-state index in [1.807, 2.05) is 24.3 Å². The quantitative estimate of drug-likeness (QED) is 0.540. The van der Waals surface area contributed by atoms with Gasteiger partial charge in [-0.15, -0.1) is 0 Å². The number of hydrogen-bond acceptors (Lipinski definition) is 4. The molecule has 1 aliphatic rings. The summed E-state index contributed by atoms with van der Waals surface area (Å²) in [4.78, 5) is 28.3. The fraction of sp³-hybridized carbons (Fsp3) is 0.333. The molecule has 160 valence electrons. The van der Waals surface area contributed by atoms with Gasteiger partial charge in [-0.1, -0.05) is 11.6 Å². The van der Waals surface area contributed by atoms with Crippen molar-refractivity contribution >= 4 is 34.8 Å². The van der Waals surface area contributed by atoms with E-state index in [2.05, 4.69) is 20.4 Å². The highest BCUT2D eigenvalue weighted by Gasteiger charge is 2.18. The minimum Gasteiger partial charge on any atom is -0.369 e. The summed E-state index contributed by atoms with van der Waals surface area (Å²) in [5.41, 5.74) is 1.17. The first-order valence-corrected chi connectivity index (χ1v) is 10.1. The van der Waals surface area contributed by atoms with Crippen molar-refractivity contribution in [1.29, 1.82) is 0 Å². The van der Waals surface area contributed by atoms with Crippen LogP contribution in [-0.2, 0) is 9.59 Å². The number of carbonyl (C=O) groups is 2. The molecule has 0 unspecified atom stereocenters. The average molecular weight is 437 g/mol. The largest absolute Gasteiger partial charge is 0.369 e. The van der Waals surface area contributed by atoms with Crippen molar-refractivity contribution in [2.45, 2.75) is 6.42 Å². The Morgan fingerprint density at radius 1 is 0.933 bits per heavy atom. The minimum absolute atomic E-state index is 0.0209. The summed E-state index contributed by atoms with van der Waals surface area (Å²) in [5.74, 6) is -3.85. The number of hydrogen-bond donors (Lipinski definition) is 2. The van der Waals surface area contributed by atoms with E-state index in [1.165, 1.54) is 6.07 Å². The van der Waals surface area contributed by atoms with Crippen LogP contribution in [0, 0.1) is 11.6 Å². The molecule has 0 atom stereocenters. The number of nitrogens with one attached hydrogen (secondary N) is 2. The lowest BCUT2D eigenvalue weighted by Gasteiger charge is -2.36. The molecule has 9 heteroatoms. The molecule has 2 amide bonds. The van der Waals surface area contributed by atoms with Crippen LogP contribution in [0.5, 0.6) is 0 Å². The number of anilines is 2. The van der Waals surface area contributed by atoms with E-state index in [9.17, 15) is 18.4 Å². The van der Waals surface area contributed by atoms with Gasteiger partial charge in [0.25, 0.3) is 0 Å². The lowest BCUT2D eigenvalue weighted by Crippen LogP contribution is -2.47. The predicted octanol–water partition coefficient (Wildman–Crippen LogP) is 2.89. The van der Waals surface area contributed by atoms with Gasteiger partial charge in [-0.25, -0.2) is 8.78 Å². The molecule has 0 radical (unpaired) electrons. The molecule has 2 aromatic rings. The highest BCUT2D eigenvalue weighted by Crippen LogP contribution is 2.19. The number of piperazine rings is 1. The first kappa shape index (κ1) is 22.0. The van der Waals surface area contributed by atoms with Crippen LogP contribution in [0.2, 0.25) is 5.02 Å². The van der Waals surface area contributed by atoms with Crippen molar-refractivity contribution in [2.24, 2.45) is 0 Å². The topological polar surface area (TPSA) is 64.7 Å². The molecule has 2 aromatic carbocycles. The van der Waals surface area contributed by atoms with Gasteiger partial charge >= 0.3 is 11.8 Å². The fourth-order valence-corrected chi connectivity index (χ4v) is 3.35. The Hall–Kier alpha value is -2.71. The smallest absolute Gasteiger partial charge is 0.313 e. The van der Waals surface area contributed by atoms with Gasteiger partial charge in [0.2, 0.25) is 0 Å². The van der Waals surface area contributed by atoms with Gasteiger partial charge in [0.1, 0.15) is 0 Å². The van der Waals surface area contributed by atoms with E-state index in [4.69, 9.17) is 11.6 Å². The van der Waals surface area contributed by atoms with Crippen molar-refractivity contribution in [2.75, 3.05) is 49.5 Å². The van der Waals surface area contributed by atoms with E-state index in [-0.39, 0.29) is 5.69 Å². The number of carbonyl (C=O) groups excluding carboxylic acids is 2. The molecule has 1 heterocycles. The number of halogens is 3. The Balaban J connectivity index is 1.33. The summed E-state index contributed by atoms with van der Waals surface area (Å²) in [6, 6.07) is 10.7. The van der Waals surface area contributed by atoms with Crippen molar-refractivity contribution < 1.29 is 18.4 Å². The highest BCUT2D eigenvalue weighted by atomic mass is 35.5. The van der Waals surface area contributed by atoms with Crippen LogP contribution in [0.15, 0.2) is 42.5 Å². The third-order valence-electron chi connectivity index (χ3n) is 4.88. The van der Waals surface area contributed by atoms with Crippen LogP contribution in [0.4, 0.5) is 20.2 Å². The third kappa shape index (κ3) is 6.14. The lowest BCUT2D eigenvalue weighted by atomic mass is 10.2. The van der Waals surface area contributed by atoms with Gasteiger partial charge < -0.3 is 15.5 Å². The molecule has 6 nitrogen and oxygen atoms in total. The maximum Gasteiger partial charge on any atom is 0.313 e. The second-order valence-corrected chi connectivity index (χ2v) is 7.43. The molecule has 1 aliphatic heterocycles. The van der Waals surface area contributed by atoms with Gasteiger partial charge in [0, 0.05) is 55.2 Å². The standard InChI is InChI=1S/C21H23ClF2N4O2/c22-15-2-5-17(6-3-15)28-12-10-27(11-13-28)9-1-8-25-20(29)21(30)26-16-4-7-18(23)19(24)14-16/h2-7,14H,1,8-13H2,(H,25,29)(H,26,30). The Labute approximate surface area is 178 Å². The third-order valence-corrected chi connectivity index (χ3v) is 5.14. The van der Waals surface area contributed by atoms with Gasteiger partial charge in [-0.3, -0.25) is 14.5 Å². The van der Waals surface area contributed by atoms with Crippen LogP contribution >= 0.6 is 11.6 Å². The molecule has 30 heavy (non-hydrogen) atoms. The van der Waals surface area contributed by atoms with Gasteiger partial charge in [0.15, 0.2) is 11.6 Å². The summed E-state index contributed by atoms with van der Waals surface area (Å²) < 4.78 is 26.1. The van der Waals surface area contributed by atoms with Crippen LogP contribution in [0.25, 0.3) is 0 Å². The van der Waals surface area contributed by atoms with Crippen LogP contribution in [0.3, 0.4) is 0 Å². The fourth-order valence-electron chi connectivity index (χ4n) is 3.23. The SMILES string of the molecule is O=C(NCCCN1CCN(c2ccc(Cl)cc2)CC1)C(=O)Nc1ccc(F)c(F)c1. The average Bonchev–Trinajstić information content (AvgIpc) is 2.74. The summed E-state index contributed by atoms with van der Waals surface area (Å²) in [7, 11) is 0. The van der Waals surface area contributed by atoms with Gasteiger partial charge in [0.05, 0.1) is 0 Å². The second kappa shape index (κ2) is 10.4. The number of rotatable bonds is 6. The molecule has 2 N–H and O–H groups in total. The monoisotopic (exact) mass is 436 g/mol. The minimum atomic E-state index is -1.09. The normalized spacial score (nSPS) is 14.4. The molecule has 0 aromatic heterocycles. The van der Waals surface area contributed by atoms with E-state index >= 15 is 0 Å². The maximum atomic E-state index is 13.2. The molecule has 1 fully saturated rings. The highest BCUT2D eigenvalue weighted by molar-refractivity contribution is 6.39. The van der Waals surface area contributed by atoms with E-state index in [1.54, 1.807) is 0 Å². The van der Waals surface area contributed by atoms with E-state index in [0.717, 1.165) is 55.6 Å². The van der Waals surface area contributed by atoms with E-state index in [0.29, 0.717) is 13.0 Å².